The van der Waals surface area contributed by atoms with Crippen LogP contribution in [0.15, 0.2) is 89.3 Å². The van der Waals surface area contributed by atoms with Gasteiger partial charge in [-0.05, 0) is 36.4 Å². The number of hydrogen-bond acceptors (Lipinski definition) is 6. The molecule has 0 aliphatic rings. The van der Waals surface area contributed by atoms with Crippen molar-refractivity contribution in [1.82, 2.24) is 10.4 Å². The first kappa shape index (κ1) is 20.3. The Balaban J connectivity index is 1.39. The standard InChI is InChI=1S/C24H20N4O2S/c1-30-22-10-6-5-7-19(22)15-25-28-23(29)18-13-11-17(12-14-18)21-16-31-24(27-21)26-20-8-3-2-4-9-20/h2-16H,1H3,(H,26,27)(H,28,29)/b25-15-. The number of anilines is 2. The van der Waals surface area contributed by atoms with Crippen molar-refractivity contribution in [3.63, 3.8) is 0 Å². The zero-order chi connectivity index (χ0) is 21.5. The molecule has 154 valence electrons. The molecule has 4 aromatic rings. The number of hydrazone groups is 1. The van der Waals surface area contributed by atoms with Crippen molar-refractivity contribution in [3.05, 3.63) is 95.4 Å². The summed E-state index contributed by atoms with van der Waals surface area (Å²) in [5, 5.41) is 10.1. The van der Waals surface area contributed by atoms with Crippen LogP contribution in [0.3, 0.4) is 0 Å². The number of benzene rings is 3. The van der Waals surface area contributed by atoms with Crippen LogP contribution in [0.5, 0.6) is 5.75 Å². The van der Waals surface area contributed by atoms with Crippen LogP contribution in [0.1, 0.15) is 15.9 Å². The number of nitrogens with zero attached hydrogens (tertiary/aromatic N) is 2. The summed E-state index contributed by atoms with van der Waals surface area (Å²) in [6.07, 6.45) is 1.56. The van der Waals surface area contributed by atoms with Crippen LogP contribution in [0.2, 0.25) is 0 Å². The third kappa shape index (κ3) is 5.15. The van der Waals surface area contributed by atoms with E-state index < -0.39 is 0 Å². The van der Waals surface area contributed by atoms with Crippen LogP contribution in [-0.2, 0) is 0 Å². The maximum absolute atomic E-state index is 12.4. The molecule has 0 unspecified atom stereocenters. The summed E-state index contributed by atoms with van der Waals surface area (Å²) < 4.78 is 5.26. The van der Waals surface area contributed by atoms with Gasteiger partial charge < -0.3 is 10.1 Å². The number of methoxy groups -OCH3 is 1. The predicted octanol–water partition coefficient (Wildman–Crippen LogP) is 5.33. The highest BCUT2D eigenvalue weighted by atomic mass is 32.1. The molecule has 0 fully saturated rings. The molecule has 1 aromatic heterocycles. The number of ether oxygens (including phenoxy) is 1. The van der Waals surface area contributed by atoms with E-state index in [1.165, 1.54) is 11.3 Å². The van der Waals surface area contributed by atoms with Crippen molar-refractivity contribution >= 4 is 34.3 Å². The minimum absolute atomic E-state index is 0.289. The maximum Gasteiger partial charge on any atom is 0.271 e. The average molecular weight is 429 g/mol. The largest absolute Gasteiger partial charge is 0.496 e. The summed E-state index contributed by atoms with van der Waals surface area (Å²) in [5.41, 5.74) is 6.61. The van der Waals surface area contributed by atoms with Crippen molar-refractivity contribution in [2.24, 2.45) is 5.10 Å². The molecular formula is C24H20N4O2S. The molecule has 0 radical (unpaired) electrons. The van der Waals surface area contributed by atoms with Gasteiger partial charge in [-0.15, -0.1) is 11.3 Å². The first-order chi connectivity index (χ1) is 15.2. The third-order valence-corrected chi connectivity index (χ3v) is 5.24. The molecular weight excluding hydrogens is 408 g/mol. The molecule has 0 saturated carbocycles. The molecule has 0 saturated heterocycles. The molecule has 1 heterocycles. The molecule has 0 atom stereocenters. The van der Waals surface area contributed by atoms with Gasteiger partial charge in [0, 0.05) is 27.8 Å². The summed E-state index contributed by atoms with van der Waals surface area (Å²) in [7, 11) is 1.59. The van der Waals surface area contributed by atoms with Crippen molar-refractivity contribution < 1.29 is 9.53 Å². The lowest BCUT2D eigenvalue weighted by molar-refractivity contribution is 0.0955. The van der Waals surface area contributed by atoms with E-state index in [2.05, 4.69) is 20.8 Å². The van der Waals surface area contributed by atoms with Gasteiger partial charge in [-0.1, -0.05) is 42.5 Å². The Labute approximate surface area is 184 Å². The molecule has 1 amide bonds. The van der Waals surface area contributed by atoms with Gasteiger partial charge in [0.2, 0.25) is 0 Å². The number of para-hydroxylation sites is 2. The predicted molar refractivity (Wildman–Crippen MR) is 125 cm³/mol. The quantitative estimate of drug-likeness (QED) is 0.308. The highest BCUT2D eigenvalue weighted by Gasteiger charge is 2.08. The van der Waals surface area contributed by atoms with E-state index in [0.717, 1.165) is 27.6 Å². The number of thiazole rings is 1. The van der Waals surface area contributed by atoms with Crippen LogP contribution < -0.4 is 15.5 Å². The van der Waals surface area contributed by atoms with Gasteiger partial charge in [0.05, 0.1) is 19.0 Å². The van der Waals surface area contributed by atoms with Crippen molar-refractivity contribution in [3.8, 4) is 17.0 Å². The third-order valence-electron chi connectivity index (χ3n) is 4.48. The average Bonchev–Trinajstić information content (AvgIpc) is 3.28. The summed E-state index contributed by atoms with van der Waals surface area (Å²) >= 11 is 1.53. The van der Waals surface area contributed by atoms with Gasteiger partial charge in [-0.2, -0.15) is 5.10 Å². The van der Waals surface area contributed by atoms with E-state index >= 15 is 0 Å². The highest BCUT2D eigenvalue weighted by Crippen LogP contribution is 2.27. The fraction of sp³-hybridized carbons (Fsp3) is 0.0417. The number of rotatable bonds is 7. The fourth-order valence-corrected chi connectivity index (χ4v) is 3.64. The van der Waals surface area contributed by atoms with E-state index in [4.69, 9.17) is 4.74 Å². The summed E-state index contributed by atoms with van der Waals surface area (Å²) in [6.45, 7) is 0. The Morgan fingerprint density at radius 1 is 1.00 bits per heavy atom. The second kappa shape index (κ2) is 9.69. The van der Waals surface area contributed by atoms with Crippen molar-refractivity contribution in [2.45, 2.75) is 0 Å². The summed E-state index contributed by atoms with van der Waals surface area (Å²) in [5.74, 6) is 0.400. The van der Waals surface area contributed by atoms with Gasteiger partial charge in [0.15, 0.2) is 5.13 Å². The van der Waals surface area contributed by atoms with Gasteiger partial charge in [0.1, 0.15) is 5.75 Å². The lowest BCUT2D eigenvalue weighted by Gasteiger charge is -2.04. The molecule has 31 heavy (non-hydrogen) atoms. The van der Waals surface area contributed by atoms with Gasteiger partial charge in [-0.25, -0.2) is 10.4 Å². The molecule has 0 spiro atoms. The minimum Gasteiger partial charge on any atom is -0.496 e. The van der Waals surface area contributed by atoms with E-state index in [-0.39, 0.29) is 5.91 Å². The van der Waals surface area contributed by atoms with E-state index in [1.807, 2.05) is 72.1 Å². The molecule has 3 aromatic carbocycles. The molecule has 0 aliphatic carbocycles. The number of carbonyl (C=O) groups is 1. The summed E-state index contributed by atoms with van der Waals surface area (Å²) in [6, 6.07) is 24.6. The molecule has 4 rings (SSSR count). The Morgan fingerprint density at radius 2 is 1.74 bits per heavy atom. The second-order valence-corrected chi connectivity index (χ2v) is 7.41. The van der Waals surface area contributed by atoms with Gasteiger partial charge in [-0.3, -0.25) is 4.79 Å². The van der Waals surface area contributed by atoms with E-state index in [1.54, 1.807) is 25.5 Å². The summed E-state index contributed by atoms with van der Waals surface area (Å²) in [4.78, 5) is 17.0. The normalized spacial score (nSPS) is 10.7. The van der Waals surface area contributed by atoms with Crippen LogP contribution in [0.4, 0.5) is 10.8 Å². The molecule has 2 N–H and O–H groups in total. The Bertz CT molecular complexity index is 1190. The molecule has 7 heteroatoms. The zero-order valence-corrected chi connectivity index (χ0v) is 17.6. The Kier molecular flexibility index (Phi) is 6.35. The van der Waals surface area contributed by atoms with Crippen LogP contribution in [-0.4, -0.2) is 24.2 Å². The van der Waals surface area contributed by atoms with Crippen molar-refractivity contribution in [2.75, 3.05) is 12.4 Å². The van der Waals surface area contributed by atoms with Crippen LogP contribution in [0.25, 0.3) is 11.3 Å². The topological polar surface area (TPSA) is 75.6 Å². The van der Waals surface area contributed by atoms with Gasteiger partial charge >= 0.3 is 0 Å². The smallest absolute Gasteiger partial charge is 0.271 e. The number of amides is 1. The lowest BCUT2D eigenvalue weighted by atomic mass is 10.1. The SMILES string of the molecule is COc1ccccc1/C=N\NC(=O)c1ccc(-c2csc(Nc3ccccc3)n2)cc1. The first-order valence-electron chi connectivity index (χ1n) is 9.57. The Morgan fingerprint density at radius 3 is 2.52 bits per heavy atom. The highest BCUT2D eigenvalue weighted by molar-refractivity contribution is 7.14. The number of carbonyl (C=O) groups excluding carboxylic acids is 1. The lowest BCUT2D eigenvalue weighted by Crippen LogP contribution is -2.17. The maximum atomic E-state index is 12.4. The molecule has 0 aliphatic heterocycles. The molecule has 0 bridgehead atoms. The second-order valence-electron chi connectivity index (χ2n) is 6.55. The van der Waals surface area contributed by atoms with Crippen LogP contribution >= 0.6 is 11.3 Å². The van der Waals surface area contributed by atoms with Crippen molar-refractivity contribution in [1.29, 1.82) is 0 Å². The van der Waals surface area contributed by atoms with Gasteiger partial charge in [0.25, 0.3) is 5.91 Å². The monoisotopic (exact) mass is 428 g/mol. The number of aromatic nitrogens is 1. The van der Waals surface area contributed by atoms with Crippen LogP contribution in [0, 0.1) is 0 Å². The van der Waals surface area contributed by atoms with E-state index in [9.17, 15) is 4.79 Å². The minimum atomic E-state index is -0.289. The molecule has 6 nitrogen and oxygen atoms in total. The number of hydrogen-bond donors (Lipinski definition) is 2. The zero-order valence-electron chi connectivity index (χ0n) is 16.8. The number of nitrogens with one attached hydrogen (secondary N) is 2. The first-order valence-corrected chi connectivity index (χ1v) is 10.5. The Hall–Kier alpha value is -3.97. The van der Waals surface area contributed by atoms with E-state index in [0.29, 0.717) is 11.3 Å². The fourth-order valence-electron chi connectivity index (χ4n) is 2.90.